The Kier molecular flexibility index (Phi) is 39.6. The van der Waals surface area contributed by atoms with Crippen LogP contribution in [-0.4, -0.2) is 276 Å². The molecular weight excluding hydrogens is 1340 g/mol. The number of nitrogens with zero attached hydrogens (tertiary/aromatic N) is 4. The average molecular weight is 1440 g/mol. The first-order valence-electron chi connectivity index (χ1n) is 33.2. The van der Waals surface area contributed by atoms with Crippen LogP contribution in [0.15, 0.2) is 41.3 Å². The summed E-state index contributed by atoms with van der Waals surface area (Å²) in [4.78, 5) is 181. The maximum Gasteiger partial charge on any atom is 0.330 e. The minimum absolute atomic E-state index is 0.0250. The predicted molar refractivity (Wildman–Crippen MR) is 362 cm³/mol. The molecule has 35 heteroatoms. The zero-order chi connectivity index (χ0) is 75.3. The van der Waals surface area contributed by atoms with Gasteiger partial charge in [0, 0.05) is 109 Å². The van der Waals surface area contributed by atoms with Crippen molar-refractivity contribution in [2.24, 2.45) is 5.41 Å². The standard InChI is InChI=1S/C65H102FN11O22S/c1-64(2,3)62(66)100(65(4,5)6)43-24-22-42(23-25-43)56(89)69-38-47(70-51(80)27-26-48(61(97)98)77-36-34-75(40-54(85)86)32-30-74(39-53(83)84)31-33-76(35-37-77)41-55(87)88)57(90)71-44(58(91)92)16-11-13-28-67-49(78)19-9-7-8-10-20-50(79)68-29-14-12-17-45(59(93)94)72-63(99)73-46(60(95)96)18-15-21-52(81)82/h11,16,22-25,44-48,62H,7-10,12-15,17-21,26-41H2,1-6H3,(H14-,67,68,69,70,71,72,73,78,79,80,81,82,83,84,85,86,87,88,89,90,91,92,93,94,95,96,97,98,99)/p+1/b16-11-/t44-,45-,46-,47-,48-,62+,100?/m0/s1. The maximum absolute atomic E-state index is 16.0. The molecule has 1 fully saturated rings. The van der Waals surface area contributed by atoms with Crippen LogP contribution in [0, 0.1) is 5.41 Å². The maximum atomic E-state index is 16.0. The molecule has 1 aliphatic rings. The first kappa shape index (κ1) is 87.5. The molecular formula is C65H103FN11O22S+. The number of amides is 7. The van der Waals surface area contributed by atoms with Crippen LogP contribution < -0.4 is 37.2 Å². The van der Waals surface area contributed by atoms with E-state index >= 15 is 4.39 Å². The molecule has 1 unspecified atom stereocenters. The van der Waals surface area contributed by atoms with Crippen molar-refractivity contribution in [3.63, 3.8) is 0 Å². The normalized spacial score (nSPS) is 16.1. The van der Waals surface area contributed by atoms with Gasteiger partial charge in [0.15, 0.2) is 4.90 Å². The van der Waals surface area contributed by atoms with Crippen LogP contribution >= 0.6 is 0 Å². The Bertz CT molecular complexity index is 2900. The SMILES string of the molecule is CC(C)(C)[C@H](F)[S+](c1ccc(C(=O)NC[C@H](NC(=O)CC[C@@H](C(=O)O)N2CCN(CC(=O)O)CCN(CC(=O)O)CCN(CC(=O)O)CC2)C(=O)N[C@@H](/C=C\CCNC(=O)CCCCCCC(=O)NCCCC[C@H](NC(=O)N[C@@H](CCCC(=O)O)C(=O)O)C(=O)O)C(=O)O)cc1)C(C)(C)C. The second-order valence-corrected chi connectivity index (χ2v) is 29.0. The van der Waals surface area contributed by atoms with Gasteiger partial charge >= 0.3 is 53.8 Å². The Morgan fingerprint density at radius 3 is 1.41 bits per heavy atom. The Morgan fingerprint density at radius 1 is 0.490 bits per heavy atom. The molecule has 0 aromatic heterocycles. The van der Waals surface area contributed by atoms with Gasteiger partial charge in [-0.05, 0) is 103 Å². The average Bonchev–Trinajstić information content (AvgIpc) is 0.795. The zero-order valence-electron chi connectivity index (χ0n) is 57.8. The number of carbonyl (C=O) groups is 14. The number of aliphatic carboxylic acids is 8. The Morgan fingerprint density at radius 2 is 0.970 bits per heavy atom. The summed E-state index contributed by atoms with van der Waals surface area (Å²) in [5, 5.41) is 94.5. The largest absolute Gasteiger partial charge is 0.481 e. The molecule has 562 valence electrons. The van der Waals surface area contributed by atoms with Gasteiger partial charge in [-0.2, -0.15) is 4.39 Å². The third kappa shape index (κ3) is 36.5. The van der Waals surface area contributed by atoms with Gasteiger partial charge in [-0.1, -0.05) is 45.8 Å². The number of carboxylic acid groups (broad SMARTS) is 8. The van der Waals surface area contributed by atoms with Gasteiger partial charge in [0.1, 0.15) is 35.0 Å². The van der Waals surface area contributed by atoms with Crippen LogP contribution in [0.5, 0.6) is 0 Å². The number of hydrogen-bond acceptors (Lipinski definition) is 18. The molecule has 15 N–H and O–H groups in total. The summed E-state index contributed by atoms with van der Waals surface area (Å²) in [6.45, 7) is 9.43. The second kappa shape index (κ2) is 45.3. The molecule has 1 aliphatic heterocycles. The van der Waals surface area contributed by atoms with Gasteiger partial charge in [0.2, 0.25) is 23.6 Å². The Labute approximate surface area is 583 Å². The third-order valence-electron chi connectivity index (χ3n) is 15.8. The number of benzene rings is 1. The van der Waals surface area contributed by atoms with Crippen LogP contribution in [0.3, 0.4) is 0 Å². The highest BCUT2D eigenvalue weighted by atomic mass is 32.2. The topological polar surface area (TPSA) is 498 Å². The molecule has 0 saturated carbocycles. The van der Waals surface area contributed by atoms with E-state index in [-0.39, 0.29) is 134 Å². The number of carbonyl (C=O) groups excluding carboxylic acids is 6. The van der Waals surface area contributed by atoms with E-state index in [1.807, 2.05) is 20.8 Å². The summed E-state index contributed by atoms with van der Waals surface area (Å²) in [6.07, 6.45) is 4.32. The highest BCUT2D eigenvalue weighted by molar-refractivity contribution is 7.98. The fraction of sp³-hybridized carbons (Fsp3) is 0.662. The lowest BCUT2D eigenvalue weighted by atomic mass is 9.99. The Hall–Kier alpha value is -8.54. The number of halogens is 1. The van der Waals surface area contributed by atoms with Gasteiger partial charge in [-0.3, -0.25) is 67.5 Å². The number of nitrogens with one attached hydrogen (secondary N) is 7. The highest BCUT2D eigenvalue weighted by Crippen LogP contribution is 2.40. The lowest BCUT2D eigenvalue weighted by molar-refractivity contribution is -0.145. The lowest BCUT2D eigenvalue weighted by Crippen LogP contribution is -2.55. The van der Waals surface area contributed by atoms with Crippen molar-refractivity contribution in [2.75, 3.05) is 91.6 Å². The molecule has 0 aliphatic carbocycles. The van der Waals surface area contributed by atoms with Crippen LogP contribution in [0.2, 0.25) is 0 Å². The van der Waals surface area contributed by atoms with Gasteiger partial charge in [-0.25, -0.2) is 19.2 Å². The van der Waals surface area contributed by atoms with E-state index in [9.17, 15) is 103 Å². The molecule has 0 bridgehead atoms. The molecule has 0 spiro atoms. The van der Waals surface area contributed by atoms with E-state index in [1.165, 1.54) is 37.8 Å². The molecule has 7 amide bonds. The number of unbranched alkanes of at least 4 members (excludes halogenated alkanes) is 4. The van der Waals surface area contributed by atoms with Gasteiger partial charge in [-0.15, -0.1) is 0 Å². The van der Waals surface area contributed by atoms with E-state index in [2.05, 4.69) is 37.2 Å². The second-order valence-electron chi connectivity index (χ2n) is 26.3. The predicted octanol–water partition coefficient (Wildman–Crippen LogP) is 1.45. The molecule has 100 heavy (non-hydrogen) atoms. The van der Waals surface area contributed by atoms with Crippen molar-refractivity contribution in [2.45, 2.75) is 183 Å². The summed E-state index contributed by atoms with van der Waals surface area (Å²) in [5.41, 5.74) is -1.86. The van der Waals surface area contributed by atoms with Crippen molar-refractivity contribution in [1.29, 1.82) is 0 Å². The van der Waals surface area contributed by atoms with E-state index in [4.69, 9.17) is 5.11 Å². The molecule has 0 radical (unpaired) electrons. The molecule has 1 aromatic rings. The van der Waals surface area contributed by atoms with Gasteiger partial charge in [0.25, 0.3) is 11.4 Å². The highest BCUT2D eigenvalue weighted by Gasteiger charge is 2.49. The van der Waals surface area contributed by atoms with Gasteiger partial charge < -0.3 is 78.1 Å². The fourth-order valence-electron chi connectivity index (χ4n) is 10.4. The van der Waals surface area contributed by atoms with E-state index < -0.39 is 167 Å². The van der Waals surface area contributed by atoms with Gasteiger partial charge in [0.05, 0.1) is 30.5 Å². The fourth-order valence-corrected chi connectivity index (χ4v) is 13.1. The number of hydrogen-bond donors (Lipinski definition) is 15. The molecule has 1 heterocycles. The summed E-state index contributed by atoms with van der Waals surface area (Å²) < 4.78 is 15.5. The molecule has 33 nitrogen and oxygen atoms in total. The van der Waals surface area contributed by atoms with E-state index in [0.717, 1.165) is 6.08 Å². The minimum Gasteiger partial charge on any atom is -0.481 e. The summed E-state index contributed by atoms with van der Waals surface area (Å²) in [6, 6.07) is -2.43. The van der Waals surface area contributed by atoms with Crippen molar-refractivity contribution in [3.05, 3.63) is 42.0 Å². The van der Waals surface area contributed by atoms with Crippen LogP contribution in [0.25, 0.3) is 0 Å². The summed E-state index contributed by atoms with van der Waals surface area (Å²) in [7, 11) is -0.930. The van der Waals surface area contributed by atoms with Crippen molar-refractivity contribution >= 4 is 94.2 Å². The lowest BCUT2D eigenvalue weighted by Gasteiger charge is -2.35. The summed E-state index contributed by atoms with van der Waals surface area (Å²) in [5.74, 6) is -13.7. The Balaban J connectivity index is 2.12. The van der Waals surface area contributed by atoms with Crippen molar-refractivity contribution in [3.8, 4) is 0 Å². The number of alkyl halides is 1. The molecule has 2 rings (SSSR count). The summed E-state index contributed by atoms with van der Waals surface area (Å²) >= 11 is 0. The minimum atomic E-state index is -1.71. The first-order valence-corrected chi connectivity index (χ1v) is 34.5. The van der Waals surface area contributed by atoms with Crippen LogP contribution in [-0.2, 0) is 68.4 Å². The zero-order valence-corrected chi connectivity index (χ0v) is 58.6. The van der Waals surface area contributed by atoms with Crippen molar-refractivity contribution < 1.29 is 112 Å². The smallest absolute Gasteiger partial charge is 0.330 e. The first-order chi connectivity index (χ1) is 46.9. The van der Waals surface area contributed by atoms with E-state index in [1.54, 1.807) is 32.9 Å². The van der Waals surface area contributed by atoms with Crippen LogP contribution in [0.4, 0.5) is 9.18 Å². The molecule has 1 saturated heterocycles. The number of carboxylic acids is 8. The third-order valence-corrected chi connectivity index (χ3v) is 19.0. The van der Waals surface area contributed by atoms with E-state index in [0.29, 0.717) is 37.0 Å². The number of rotatable bonds is 44. The number of urea groups is 1. The molecule has 7 atom stereocenters. The monoisotopic (exact) mass is 1440 g/mol. The van der Waals surface area contributed by atoms with Crippen molar-refractivity contribution in [1.82, 2.24) is 56.8 Å². The van der Waals surface area contributed by atoms with Crippen LogP contribution in [0.1, 0.15) is 148 Å². The molecule has 1 aromatic carbocycles. The quantitative estimate of drug-likeness (QED) is 0.0250.